The van der Waals surface area contributed by atoms with Crippen LogP contribution in [0.15, 0.2) is 18.2 Å². The Labute approximate surface area is 168 Å². The van der Waals surface area contributed by atoms with Gasteiger partial charge in [-0.3, -0.25) is 4.79 Å². The van der Waals surface area contributed by atoms with Gasteiger partial charge in [0, 0.05) is 26.1 Å². The number of benzene rings is 1. The second-order valence-electron chi connectivity index (χ2n) is 7.42. The Morgan fingerprint density at radius 3 is 2.64 bits per heavy atom. The number of carbonyl (C=O) groups excluding carboxylic acids is 1. The summed E-state index contributed by atoms with van der Waals surface area (Å²) in [6, 6.07) is 5.10. The maximum atomic E-state index is 12.7. The Morgan fingerprint density at radius 2 is 2.07 bits per heavy atom. The lowest BCUT2D eigenvalue weighted by Gasteiger charge is -2.26. The average Bonchev–Trinajstić information content (AvgIpc) is 3.13. The first-order valence-corrected chi connectivity index (χ1v) is 11.3. The van der Waals surface area contributed by atoms with Gasteiger partial charge < -0.3 is 18.6 Å². The smallest absolute Gasteiger partial charge is 0.309 e. The summed E-state index contributed by atoms with van der Waals surface area (Å²) in [5.41, 5.74) is 0.775. The Balaban J connectivity index is 2.22. The lowest BCUT2D eigenvalue weighted by molar-refractivity contribution is -0.134. The van der Waals surface area contributed by atoms with E-state index in [2.05, 4.69) is 0 Å². The summed E-state index contributed by atoms with van der Waals surface area (Å²) in [6.45, 7) is 7.15. The maximum absolute atomic E-state index is 12.7. The highest BCUT2D eigenvalue weighted by Gasteiger charge is 2.24. The zero-order valence-corrected chi connectivity index (χ0v) is 18.0. The Bertz CT molecular complexity index is 756. The second kappa shape index (κ2) is 10.1. The largest absolute Gasteiger partial charge is 0.493 e. The van der Waals surface area contributed by atoms with Gasteiger partial charge in [0.2, 0.25) is 5.91 Å². The maximum Gasteiger partial charge on any atom is 0.309 e. The van der Waals surface area contributed by atoms with Gasteiger partial charge in [0.25, 0.3) is 0 Å². The third kappa shape index (κ3) is 6.67. The van der Waals surface area contributed by atoms with Gasteiger partial charge in [-0.25, -0.2) is 0 Å². The summed E-state index contributed by atoms with van der Waals surface area (Å²) < 4.78 is 39.8. The number of methoxy groups -OCH3 is 1. The van der Waals surface area contributed by atoms with Crippen LogP contribution in [0.5, 0.6) is 11.5 Å². The predicted octanol–water partition coefficient (Wildman–Crippen LogP) is 2.98. The fourth-order valence-electron chi connectivity index (χ4n) is 3.07. The van der Waals surface area contributed by atoms with Crippen molar-refractivity contribution in [1.82, 2.24) is 4.90 Å². The third-order valence-corrected chi connectivity index (χ3v) is 5.70. The van der Waals surface area contributed by atoms with Crippen molar-refractivity contribution < 1.29 is 26.9 Å². The van der Waals surface area contributed by atoms with E-state index in [0.29, 0.717) is 25.3 Å². The molecule has 1 fully saturated rings. The minimum atomic E-state index is -3.68. The van der Waals surface area contributed by atoms with Crippen molar-refractivity contribution in [3.63, 3.8) is 0 Å². The number of hydrogen-bond acceptors (Lipinski definition) is 6. The first-order chi connectivity index (χ1) is 13.2. The quantitative estimate of drug-likeness (QED) is 0.549. The lowest BCUT2D eigenvalue weighted by Crippen LogP contribution is -2.37. The molecule has 1 aromatic rings. The molecule has 2 rings (SSSR count). The van der Waals surface area contributed by atoms with Crippen LogP contribution in [0.2, 0.25) is 0 Å². The molecule has 0 saturated carbocycles. The van der Waals surface area contributed by atoms with E-state index in [1.807, 2.05) is 19.9 Å². The van der Waals surface area contributed by atoms with Crippen molar-refractivity contribution in [3.05, 3.63) is 23.8 Å². The van der Waals surface area contributed by atoms with E-state index in [4.69, 9.17) is 13.7 Å². The monoisotopic (exact) mass is 413 g/mol. The van der Waals surface area contributed by atoms with Gasteiger partial charge in [0.1, 0.15) is 0 Å². The molecule has 1 aliphatic rings. The molecule has 158 valence electrons. The molecule has 0 aromatic heterocycles. The standard InChI is InChI=1S/C20H31NO6S/c1-5-28(23,24)27-19-12-16(8-9-18(19)25-4)13-21(20(22)11-15(2)3)14-17-7-6-10-26-17/h8-9,12,15,17H,5-7,10-11,13-14H2,1-4H3/t17-/m1/s1. The highest BCUT2D eigenvalue weighted by Crippen LogP contribution is 2.30. The van der Waals surface area contributed by atoms with Crippen LogP contribution in [0.4, 0.5) is 0 Å². The summed E-state index contributed by atoms with van der Waals surface area (Å²) in [5, 5.41) is 0. The zero-order chi connectivity index (χ0) is 20.7. The van der Waals surface area contributed by atoms with Gasteiger partial charge in [-0.15, -0.1) is 0 Å². The molecule has 1 aromatic carbocycles. The highest BCUT2D eigenvalue weighted by molar-refractivity contribution is 7.87. The van der Waals surface area contributed by atoms with Crippen LogP contribution in [0.25, 0.3) is 0 Å². The van der Waals surface area contributed by atoms with Gasteiger partial charge in [-0.05, 0) is 43.4 Å². The second-order valence-corrected chi connectivity index (χ2v) is 9.28. The van der Waals surface area contributed by atoms with Crippen LogP contribution in [0, 0.1) is 5.92 Å². The number of carbonyl (C=O) groups is 1. The van der Waals surface area contributed by atoms with E-state index in [1.165, 1.54) is 14.0 Å². The molecule has 0 unspecified atom stereocenters. The van der Waals surface area contributed by atoms with Gasteiger partial charge in [0.15, 0.2) is 11.5 Å². The van der Waals surface area contributed by atoms with Crippen molar-refractivity contribution in [2.75, 3.05) is 26.0 Å². The molecule has 1 atom stereocenters. The van der Waals surface area contributed by atoms with E-state index in [-0.39, 0.29) is 29.4 Å². The molecule has 0 radical (unpaired) electrons. The summed E-state index contributed by atoms with van der Waals surface area (Å²) in [4.78, 5) is 14.5. The van der Waals surface area contributed by atoms with Crippen molar-refractivity contribution in [2.24, 2.45) is 5.92 Å². The minimum Gasteiger partial charge on any atom is -0.493 e. The molecule has 0 bridgehead atoms. The van der Waals surface area contributed by atoms with E-state index in [0.717, 1.165) is 25.0 Å². The number of rotatable bonds is 10. The molecule has 28 heavy (non-hydrogen) atoms. The molecular formula is C20H31NO6S. The van der Waals surface area contributed by atoms with Crippen LogP contribution in [-0.2, 0) is 26.2 Å². The van der Waals surface area contributed by atoms with Crippen LogP contribution in [-0.4, -0.2) is 51.3 Å². The fraction of sp³-hybridized carbons (Fsp3) is 0.650. The summed E-state index contributed by atoms with van der Waals surface area (Å²) in [5.74, 6) is 0.641. The molecule has 1 aliphatic heterocycles. The van der Waals surface area contributed by atoms with Crippen LogP contribution >= 0.6 is 0 Å². The number of ether oxygens (including phenoxy) is 2. The predicted molar refractivity (Wildman–Crippen MR) is 107 cm³/mol. The van der Waals surface area contributed by atoms with E-state index in [1.54, 1.807) is 17.0 Å². The molecular weight excluding hydrogens is 382 g/mol. The van der Waals surface area contributed by atoms with Gasteiger partial charge in [-0.2, -0.15) is 8.42 Å². The van der Waals surface area contributed by atoms with Crippen molar-refractivity contribution in [2.45, 2.75) is 52.7 Å². The summed E-state index contributed by atoms with van der Waals surface area (Å²) >= 11 is 0. The van der Waals surface area contributed by atoms with E-state index >= 15 is 0 Å². The van der Waals surface area contributed by atoms with Crippen LogP contribution in [0.3, 0.4) is 0 Å². The van der Waals surface area contributed by atoms with Crippen LogP contribution < -0.4 is 8.92 Å². The number of nitrogens with zero attached hydrogens (tertiary/aromatic N) is 1. The Kier molecular flexibility index (Phi) is 8.12. The molecule has 1 saturated heterocycles. The number of amides is 1. The van der Waals surface area contributed by atoms with Gasteiger partial charge in [0.05, 0.1) is 19.0 Å². The summed E-state index contributed by atoms with van der Waals surface area (Å²) in [7, 11) is -2.23. The van der Waals surface area contributed by atoms with Gasteiger partial charge >= 0.3 is 10.1 Å². The zero-order valence-electron chi connectivity index (χ0n) is 17.1. The fourth-order valence-corrected chi connectivity index (χ4v) is 3.59. The first kappa shape index (κ1) is 22.5. The average molecular weight is 414 g/mol. The topological polar surface area (TPSA) is 82.1 Å². The van der Waals surface area contributed by atoms with Crippen molar-refractivity contribution >= 4 is 16.0 Å². The lowest BCUT2D eigenvalue weighted by atomic mass is 10.1. The molecule has 0 N–H and O–H groups in total. The highest BCUT2D eigenvalue weighted by atomic mass is 32.2. The molecule has 1 amide bonds. The van der Waals surface area contributed by atoms with Crippen molar-refractivity contribution in [1.29, 1.82) is 0 Å². The third-order valence-electron chi connectivity index (χ3n) is 4.56. The molecule has 0 aliphatic carbocycles. The van der Waals surface area contributed by atoms with E-state index < -0.39 is 10.1 Å². The number of hydrogen-bond donors (Lipinski definition) is 0. The minimum absolute atomic E-state index is 0.0468. The van der Waals surface area contributed by atoms with Gasteiger partial charge in [-0.1, -0.05) is 19.9 Å². The van der Waals surface area contributed by atoms with E-state index in [9.17, 15) is 13.2 Å². The first-order valence-electron chi connectivity index (χ1n) is 9.72. The Morgan fingerprint density at radius 1 is 1.32 bits per heavy atom. The van der Waals surface area contributed by atoms with Crippen LogP contribution in [0.1, 0.15) is 45.6 Å². The van der Waals surface area contributed by atoms with Crippen molar-refractivity contribution in [3.8, 4) is 11.5 Å². The Hall–Kier alpha value is -1.80. The molecule has 1 heterocycles. The molecule has 0 spiro atoms. The molecule has 7 nitrogen and oxygen atoms in total. The normalized spacial score (nSPS) is 17.0. The summed E-state index contributed by atoms with van der Waals surface area (Å²) in [6.07, 6.45) is 2.45. The molecule has 8 heteroatoms. The SMILES string of the molecule is CCS(=O)(=O)Oc1cc(CN(C[C@H]2CCCO2)C(=O)CC(C)C)ccc1OC.